The van der Waals surface area contributed by atoms with Gasteiger partial charge in [-0.05, 0) is 6.92 Å². The summed E-state index contributed by atoms with van der Waals surface area (Å²) in [7, 11) is -3.51. The third-order valence-corrected chi connectivity index (χ3v) is 5.92. The van der Waals surface area contributed by atoms with Crippen molar-refractivity contribution in [1.29, 1.82) is 0 Å². The van der Waals surface area contributed by atoms with E-state index in [-0.39, 0.29) is 8.68 Å². The van der Waals surface area contributed by atoms with Gasteiger partial charge in [0.05, 0.1) is 16.9 Å². The summed E-state index contributed by atoms with van der Waals surface area (Å²) >= 11 is 8.09. The van der Waals surface area contributed by atoms with Crippen LogP contribution in [0.15, 0.2) is 15.8 Å². The Labute approximate surface area is 118 Å². The molecule has 2 aromatic rings. The summed E-state index contributed by atoms with van der Waals surface area (Å²) in [6.45, 7) is 2.22. The molecule has 0 saturated carbocycles. The maximum atomic E-state index is 11.8. The summed E-state index contributed by atoms with van der Waals surface area (Å²) in [6, 6.07) is 0. The molecule has 0 unspecified atom stereocenters. The molecule has 0 aliphatic rings. The van der Waals surface area contributed by atoms with Crippen molar-refractivity contribution in [3.8, 4) is 0 Å². The van der Waals surface area contributed by atoms with Gasteiger partial charge in [0.1, 0.15) is 0 Å². The van der Waals surface area contributed by atoms with Crippen LogP contribution in [0, 0.1) is 6.92 Å². The Morgan fingerprint density at radius 3 is 2.83 bits per heavy atom. The fourth-order valence-electron chi connectivity index (χ4n) is 1.27. The van der Waals surface area contributed by atoms with Crippen LogP contribution in [0.1, 0.15) is 10.7 Å². The summed E-state index contributed by atoms with van der Waals surface area (Å²) in [6.07, 6.45) is 1.82. The van der Waals surface area contributed by atoms with Crippen LogP contribution >= 0.6 is 34.3 Å². The normalized spacial score (nSPS) is 11.9. The molecule has 5 nitrogen and oxygen atoms in total. The molecule has 2 rings (SSSR count). The lowest BCUT2D eigenvalue weighted by molar-refractivity contribution is 0.583. The fourth-order valence-corrected chi connectivity index (χ4v) is 4.29. The van der Waals surface area contributed by atoms with Crippen LogP contribution in [0.2, 0.25) is 4.47 Å². The zero-order valence-electron chi connectivity index (χ0n) is 9.38. The molecule has 0 fully saturated rings. The molecule has 0 bridgehead atoms. The Hall–Kier alpha value is -0.540. The van der Waals surface area contributed by atoms with Crippen molar-refractivity contribution in [2.75, 3.05) is 6.54 Å². The maximum absolute atomic E-state index is 11.8. The van der Waals surface area contributed by atoms with Crippen LogP contribution in [0.25, 0.3) is 0 Å². The van der Waals surface area contributed by atoms with Gasteiger partial charge in [-0.3, -0.25) is 0 Å². The molecule has 0 aliphatic carbocycles. The lowest BCUT2D eigenvalue weighted by Gasteiger charge is -2.02. The number of nitrogens with one attached hydrogen (secondary N) is 1. The van der Waals surface area contributed by atoms with Crippen LogP contribution in [0.3, 0.4) is 0 Å². The Kier molecular flexibility index (Phi) is 4.33. The number of aryl methyl sites for hydroxylation is 1. The number of hydrogen-bond acceptors (Lipinski definition) is 6. The van der Waals surface area contributed by atoms with Gasteiger partial charge < -0.3 is 0 Å². The Morgan fingerprint density at radius 1 is 1.50 bits per heavy atom. The highest BCUT2D eigenvalue weighted by atomic mass is 35.5. The first-order valence-electron chi connectivity index (χ1n) is 4.99. The molecule has 0 saturated heterocycles. The largest absolute Gasteiger partial charge is 0.251 e. The van der Waals surface area contributed by atoms with E-state index in [9.17, 15) is 8.42 Å². The van der Waals surface area contributed by atoms with Gasteiger partial charge in [-0.2, -0.15) is 0 Å². The third-order valence-electron chi connectivity index (χ3n) is 2.06. The smallest absolute Gasteiger partial charge is 0.247 e. The van der Waals surface area contributed by atoms with E-state index in [0.29, 0.717) is 13.0 Å². The van der Waals surface area contributed by atoms with Gasteiger partial charge in [0.2, 0.25) is 0 Å². The molecule has 2 aromatic heterocycles. The minimum atomic E-state index is -3.51. The lowest BCUT2D eigenvalue weighted by atomic mass is 10.3. The van der Waals surface area contributed by atoms with Crippen LogP contribution in [-0.2, 0) is 16.4 Å². The molecule has 9 heteroatoms. The summed E-state index contributed by atoms with van der Waals surface area (Å²) in [4.78, 5) is 7.97. The Bertz CT molecular complexity index is 635. The first-order valence-corrected chi connectivity index (χ1v) is 8.55. The van der Waals surface area contributed by atoms with Gasteiger partial charge >= 0.3 is 0 Å². The predicted octanol–water partition coefficient (Wildman–Crippen LogP) is 2.08. The predicted molar refractivity (Wildman–Crippen MR) is 72.9 cm³/mol. The molecule has 98 valence electrons. The van der Waals surface area contributed by atoms with Crippen molar-refractivity contribution < 1.29 is 8.42 Å². The molecular formula is C9H10ClN3O2S3. The summed E-state index contributed by atoms with van der Waals surface area (Å²) in [5, 5.41) is 2.90. The van der Waals surface area contributed by atoms with E-state index in [2.05, 4.69) is 14.7 Å². The van der Waals surface area contributed by atoms with Gasteiger partial charge in [-0.15, -0.1) is 11.3 Å². The topological polar surface area (TPSA) is 72.0 Å². The molecule has 0 aliphatic heterocycles. The first kappa shape index (κ1) is 13.9. The van der Waals surface area contributed by atoms with E-state index in [4.69, 9.17) is 11.6 Å². The third kappa shape index (κ3) is 3.48. The molecule has 0 aromatic carbocycles. The summed E-state index contributed by atoms with van der Waals surface area (Å²) < 4.78 is 26.5. The van der Waals surface area contributed by atoms with E-state index in [0.717, 1.165) is 22.0 Å². The summed E-state index contributed by atoms with van der Waals surface area (Å²) in [5.74, 6) is 0. The van der Waals surface area contributed by atoms with E-state index < -0.39 is 10.0 Å². The van der Waals surface area contributed by atoms with Crippen molar-refractivity contribution in [2.45, 2.75) is 17.6 Å². The quantitative estimate of drug-likeness (QED) is 0.914. The second-order valence-electron chi connectivity index (χ2n) is 3.44. The van der Waals surface area contributed by atoms with Gasteiger partial charge in [0.25, 0.3) is 10.0 Å². The zero-order chi connectivity index (χ0) is 13.2. The van der Waals surface area contributed by atoms with Gasteiger partial charge in [-0.1, -0.05) is 22.9 Å². The van der Waals surface area contributed by atoms with Crippen LogP contribution in [-0.4, -0.2) is 24.9 Å². The maximum Gasteiger partial charge on any atom is 0.251 e. The molecule has 1 N–H and O–H groups in total. The number of sulfonamides is 1. The van der Waals surface area contributed by atoms with Gasteiger partial charge in [0, 0.05) is 18.3 Å². The van der Waals surface area contributed by atoms with E-state index in [1.807, 2.05) is 12.3 Å². The standard InChI is InChI=1S/C9H10ClN3O2S3/c1-6-13-7(5-16-6)2-3-12-18(14,15)8-4-11-9(10)17-8/h4-5,12H,2-3H2,1H3. The second-order valence-corrected chi connectivity index (χ2v) is 8.11. The van der Waals surface area contributed by atoms with Gasteiger partial charge in [0.15, 0.2) is 8.68 Å². The molecule has 0 amide bonds. The van der Waals surface area contributed by atoms with Crippen LogP contribution in [0.5, 0.6) is 0 Å². The van der Waals surface area contributed by atoms with E-state index >= 15 is 0 Å². The minimum absolute atomic E-state index is 0.127. The first-order chi connectivity index (χ1) is 8.47. The monoisotopic (exact) mass is 323 g/mol. The minimum Gasteiger partial charge on any atom is -0.247 e. The van der Waals surface area contributed by atoms with Crippen molar-refractivity contribution in [3.63, 3.8) is 0 Å². The number of halogens is 1. The highest BCUT2D eigenvalue weighted by Gasteiger charge is 2.16. The summed E-state index contributed by atoms with van der Waals surface area (Å²) in [5.41, 5.74) is 0.891. The van der Waals surface area contributed by atoms with Gasteiger partial charge in [-0.25, -0.2) is 23.1 Å². The Balaban J connectivity index is 1.93. The van der Waals surface area contributed by atoms with Crippen molar-refractivity contribution >= 4 is 44.3 Å². The van der Waals surface area contributed by atoms with Crippen LogP contribution < -0.4 is 4.72 Å². The number of nitrogens with zero attached hydrogens (tertiary/aromatic N) is 2. The van der Waals surface area contributed by atoms with Crippen molar-refractivity contribution in [1.82, 2.24) is 14.7 Å². The van der Waals surface area contributed by atoms with Crippen molar-refractivity contribution in [2.24, 2.45) is 0 Å². The average Bonchev–Trinajstić information content (AvgIpc) is 2.88. The molecule has 0 atom stereocenters. The molecule has 2 heterocycles. The highest BCUT2D eigenvalue weighted by molar-refractivity contribution is 7.91. The number of hydrogen-bond donors (Lipinski definition) is 1. The molecule has 0 radical (unpaired) electrons. The number of thiazole rings is 2. The lowest BCUT2D eigenvalue weighted by Crippen LogP contribution is -2.25. The SMILES string of the molecule is Cc1nc(CCNS(=O)(=O)c2cnc(Cl)s2)cs1. The Morgan fingerprint density at radius 2 is 2.28 bits per heavy atom. The van der Waals surface area contributed by atoms with Crippen molar-refractivity contribution in [3.05, 3.63) is 26.7 Å². The number of aromatic nitrogens is 2. The second kappa shape index (κ2) is 5.62. The molecule has 0 spiro atoms. The molecular weight excluding hydrogens is 314 g/mol. The molecule has 18 heavy (non-hydrogen) atoms. The van der Waals surface area contributed by atoms with E-state index in [1.54, 1.807) is 11.3 Å². The van der Waals surface area contributed by atoms with Crippen LogP contribution in [0.4, 0.5) is 0 Å². The fraction of sp³-hybridized carbons (Fsp3) is 0.333. The average molecular weight is 324 g/mol. The van der Waals surface area contributed by atoms with E-state index in [1.165, 1.54) is 6.20 Å². The number of rotatable bonds is 5. The zero-order valence-corrected chi connectivity index (χ0v) is 12.6. The highest BCUT2D eigenvalue weighted by Crippen LogP contribution is 2.22.